The first-order chi connectivity index (χ1) is 10.0. The van der Waals surface area contributed by atoms with Crippen molar-refractivity contribution < 1.29 is 18.7 Å². The van der Waals surface area contributed by atoms with Crippen LogP contribution in [0.4, 0.5) is 0 Å². The molecule has 2 heterocycles. The van der Waals surface area contributed by atoms with Gasteiger partial charge in [0.2, 0.25) is 0 Å². The van der Waals surface area contributed by atoms with Gasteiger partial charge in [-0.1, -0.05) is 0 Å². The number of hydrogen-bond acceptors (Lipinski definition) is 5. The van der Waals surface area contributed by atoms with E-state index < -0.39 is 5.63 Å². The number of methoxy groups -OCH3 is 1. The predicted octanol–water partition coefficient (Wildman–Crippen LogP) is 3.38. The lowest BCUT2D eigenvalue weighted by molar-refractivity contribution is 0.414. The molecule has 21 heavy (non-hydrogen) atoms. The third kappa shape index (κ3) is 2.07. The molecule has 0 fully saturated rings. The molecule has 0 radical (unpaired) electrons. The zero-order valence-corrected chi connectivity index (χ0v) is 11.9. The van der Waals surface area contributed by atoms with Gasteiger partial charge in [0.25, 0.3) is 0 Å². The minimum Gasteiger partial charge on any atom is -0.507 e. The zero-order chi connectivity index (χ0) is 15.1. The Labute approximate surface area is 120 Å². The second-order valence-electron chi connectivity index (χ2n) is 4.83. The number of fused-ring (bicyclic) bond motifs is 1. The number of aromatic hydroxyl groups is 1. The maximum Gasteiger partial charge on any atom is 0.343 e. The normalized spacial score (nSPS) is 11.0. The van der Waals surface area contributed by atoms with Crippen LogP contribution in [0.25, 0.3) is 22.5 Å². The van der Waals surface area contributed by atoms with Crippen LogP contribution in [0.2, 0.25) is 0 Å². The third-order valence-electron chi connectivity index (χ3n) is 3.50. The van der Waals surface area contributed by atoms with Crippen LogP contribution >= 0.6 is 0 Å². The molecule has 2 aromatic heterocycles. The lowest BCUT2D eigenvalue weighted by Gasteiger charge is -2.05. The van der Waals surface area contributed by atoms with E-state index in [0.29, 0.717) is 22.7 Å². The van der Waals surface area contributed by atoms with Crippen LogP contribution in [0.15, 0.2) is 37.9 Å². The molecule has 0 aliphatic heterocycles. The fourth-order valence-electron chi connectivity index (χ4n) is 2.22. The molecule has 3 rings (SSSR count). The molecule has 5 heteroatoms. The Morgan fingerprint density at radius 3 is 2.57 bits per heavy atom. The van der Waals surface area contributed by atoms with Crippen molar-refractivity contribution in [2.45, 2.75) is 13.8 Å². The summed E-state index contributed by atoms with van der Waals surface area (Å²) >= 11 is 0. The van der Waals surface area contributed by atoms with Gasteiger partial charge in [-0.2, -0.15) is 0 Å². The van der Waals surface area contributed by atoms with Crippen LogP contribution in [-0.4, -0.2) is 12.2 Å². The highest BCUT2D eigenvalue weighted by Crippen LogP contribution is 2.34. The van der Waals surface area contributed by atoms with Crippen molar-refractivity contribution >= 4 is 11.0 Å². The summed E-state index contributed by atoms with van der Waals surface area (Å²) in [6.07, 6.45) is 0. The van der Waals surface area contributed by atoms with Gasteiger partial charge in [0.05, 0.1) is 12.7 Å². The highest BCUT2D eigenvalue weighted by atomic mass is 16.5. The van der Waals surface area contributed by atoms with E-state index in [1.807, 2.05) is 12.1 Å². The summed E-state index contributed by atoms with van der Waals surface area (Å²) in [7, 11) is 1.58. The highest BCUT2D eigenvalue weighted by Gasteiger charge is 2.18. The monoisotopic (exact) mass is 286 g/mol. The van der Waals surface area contributed by atoms with Crippen molar-refractivity contribution in [2.75, 3.05) is 7.11 Å². The Balaban J connectivity index is 2.23. The van der Waals surface area contributed by atoms with Gasteiger partial charge >= 0.3 is 5.63 Å². The van der Waals surface area contributed by atoms with Gasteiger partial charge in [-0.3, -0.25) is 0 Å². The first kappa shape index (κ1) is 13.3. The topological polar surface area (TPSA) is 72.8 Å². The fraction of sp³-hybridized carbons (Fsp3) is 0.188. The maximum atomic E-state index is 11.7. The van der Waals surface area contributed by atoms with Crippen LogP contribution in [0, 0.1) is 13.8 Å². The minimum atomic E-state index is -0.578. The van der Waals surface area contributed by atoms with Crippen LogP contribution in [0.1, 0.15) is 11.1 Å². The van der Waals surface area contributed by atoms with Gasteiger partial charge in [-0.25, -0.2) is 4.79 Å². The molecule has 0 aliphatic carbocycles. The van der Waals surface area contributed by atoms with Crippen LogP contribution in [0.5, 0.6) is 11.5 Å². The lowest BCUT2D eigenvalue weighted by Crippen LogP contribution is -2.05. The molecule has 3 aromatic rings. The molecule has 0 bridgehead atoms. The molecule has 1 aromatic carbocycles. The third-order valence-corrected chi connectivity index (χ3v) is 3.50. The molecule has 0 atom stereocenters. The van der Waals surface area contributed by atoms with Crippen LogP contribution < -0.4 is 10.4 Å². The molecule has 1 N–H and O–H groups in total. The van der Waals surface area contributed by atoms with Gasteiger partial charge in [-0.15, -0.1) is 0 Å². The van der Waals surface area contributed by atoms with Crippen molar-refractivity contribution in [3.63, 3.8) is 0 Å². The average Bonchev–Trinajstić information content (AvgIpc) is 2.91. The summed E-state index contributed by atoms with van der Waals surface area (Å²) in [4.78, 5) is 11.7. The summed E-state index contributed by atoms with van der Waals surface area (Å²) in [5.41, 5.74) is 0.699. The Morgan fingerprint density at radius 2 is 1.86 bits per heavy atom. The smallest absolute Gasteiger partial charge is 0.343 e. The van der Waals surface area contributed by atoms with Gasteiger partial charge < -0.3 is 18.7 Å². The first-order valence-corrected chi connectivity index (χ1v) is 6.42. The standard InChI is InChI=1S/C16H14O5/c1-8-14(17)9(2)16(18)21-15(8)13-6-10-4-5-11(19-3)7-12(10)20-13/h4-7,17H,1-3H3. The Kier molecular flexibility index (Phi) is 2.97. The molecular weight excluding hydrogens is 272 g/mol. The molecule has 0 saturated carbocycles. The lowest BCUT2D eigenvalue weighted by atomic mass is 10.1. The molecule has 0 unspecified atom stereocenters. The summed E-state index contributed by atoms with van der Waals surface area (Å²) in [5.74, 6) is 1.23. The SMILES string of the molecule is COc1ccc2cc(-c3oc(=O)c(C)c(O)c3C)oc2c1. The van der Waals surface area contributed by atoms with Crippen molar-refractivity contribution in [3.05, 3.63) is 45.8 Å². The van der Waals surface area contributed by atoms with Crippen molar-refractivity contribution in [2.24, 2.45) is 0 Å². The van der Waals surface area contributed by atoms with Crippen LogP contribution in [-0.2, 0) is 0 Å². The van der Waals surface area contributed by atoms with Gasteiger partial charge in [0.15, 0.2) is 11.5 Å². The zero-order valence-electron chi connectivity index (χ0n) is 11.9. The van der Waals surface area contributed by atoms with Gasteiger partial charge in [0.1, 0.15) is 17.1 Å². The van der Waals surface area contributed by atoms with E-state index in [9.17, 15) is 9.90 Å². The van der Waals surface area contributed by atoms with Crippen molar-refractivity contribution in [1.29, 1.82) is 0 Å². The van der Waals surface area contributed by atoms with Crippen molar-refractivity contribution in [1.82, 2.24) is 0 Å². The number of rotatable bonds is 2. The van der Waals surface area contributed by atoms with E-state index >= 15 is 0 Å². The minimum absolute atomic E-state index is 0.0701. The van der Waals surface area contributed by atoms with E-state index in [1.54, 1.807) is 26.2 Å². The van der Waals surface area contributed by atoms with Gasteiger partial charge in [-0.05, 0) is 32.0 Å². The Hall–Kier alpha value is -2.69. The van der Waals surface area contributed by atoms with Crippen molar-refractivity contribution in [3.8, 4) is 23.0 Å². The highest BCUT2D eigenvalue weighted by molar-refractivity contribution is 5.83. The Bertz CT molecular complexity index is 886. The molecule has 0 spiro atoms. The number of hydrogen-bond donors (Lipinski definition) is 1. The molecule has 0 saturated heterocycles. The van der Waals surface area contributed by atoms with E-state index in [2.05, 4.69) is 0 Å². The summed E-state index contributed by atoms with van der Waals surface area (Å²) < 4.78 is 16.1. The van der Waals surface area contributed by atoms with E-state index in [4.69, 9.17) is 13.6 Å². The second kappa shape index (κ2) is 4.70. The number of furan rings is 1. The predicted molar refractivity (Wildman–Crippen MR) is 77.9 cm³/mol. The molecule has 0 aliphatic rings. The molecule has 108 valence electrons. The summed E-state index contributed by atoms with van der Waals surface area (Å²) in [6, 6.07) is 7.18. The second-order valence-corrected chi connectivity index (χ2v) is 4.83. The molecule has 0 amide bonds. The summed E-state index contributed by atoms with van der Waals surface area (Å²) in [6.45, 7) is 3.19. The largest absolute Gasteiger partial charge is 0.507 e. The molecular formula is C16H14O5. The first-order valence-electron chi connectivity index (χ1n) is 6.42. The molecule has 5 nitrogen and oxygen atoms in total. The van der Waals surface area contributed by atoms with Crippen LogP contribution in [0.3, 0.4) is 0 Å². The quantitative estimate of drug-likeness (QED) is 0.781. The maximum absolute atomic E-state index is 11.7. The number of benzene rings is 1. The fourth-order valence-corrected chi connectivity index (χ4v) is 2.22. The Morgan fingerprint density at radius 1 is 1.10 bits per heavy atom. The van der Waals surface area contributed by atoms with E-state index in [1.165, 1.54) is 6.92 Å². The number of ether oxygens (including phenoxy) is 1. The van der Waals surface area contributed by atoms with E-state index in [-0.39, 0.29) is 17.1 Å². The summed E-state index contributed by atoms with van der Waals surface area (Å²) in [5, 5.41) is 10.8. The van der Waals surface area contributed by atoms with Gasteiger partial charge in [0, 0.05) is 17.0 Å². The average molecular weight is 286 g/mol. The van der Waals surface area contributed by atoms with E-state index in [0.717, 1.165) is 5.39 Å².